The van der Waals surface area contributed by atoms with Crippen molar-refractivity contribution in [3.63, 3.8) is 0 Å². The lowest BCUT2D eigenvalue weighted by molar-refractivity contribution is -0.142. The van der Waals surface area contributed by atoms with Crippen LogP contribution in [0.15, 0.2) is 24.3 Å². The maximum Gasteiger partial charge on any atom is 0.309 e. The number of aliphatic carboxylic acids is 1. The van der Waals surface area contributed by atoms with Crippen molar-refractivity contribution in [2.75, 3.05) is 7.05 Å². The molecule has 0 spiro atoms. The van der Waals surface area contributed by atoms with Gasteiger partial charge in [-0.3, -0.25) is 9.59 Å². The average Bonchev–Trinajstić information content (AvgIpc) is 2.57. The number of halogens is 1. The van der Waals surface area contributed by atoms with E-state index in [2.05, 4.69) is 0 Å². The summed E-state index contributed by atoms with van der Waals surface area (Å²) in [6.07, 6.45) is -0.00607. The van der Waals surface area contributed by atoms with Gasteiger partial charge in [0.1, 0.15) is 5.82 Å². The van der Waals surface area contributed by atoms with E-state index >= 15 is 0 Å². The second-order valence-corrected chi connectivity index (χ2v) is 4.15. The Morgan fingerprint density at radius 1 is 1.41 bits per heavy atom. The fourth-order valence-corrected chi connectivity index (χ4v) is 2.21. The van der Waals surface area contributed by atoms with Crippen molar-refractivity contribution in [1.82, 2.24) is 4.90 Å². The molecule has 1 saturated heterocycles. The molecule has 1 amide bonds. The predicted molar refractivity (Wildman–Crippen MR) is 57.7 cm³/mol. The van der Waals surface area contributed by atoms with Crippen LogP contribution in [-0.2, 0) is 9.59 Å². The Hall–Kier alpha value is -1.91. The topological polar surface area (TPSA) is 57.6 Å². The van der Waals surface area contributed by atoms with Gasteiger partial charge >= 0.3 is 5.97 Å². The highest BCUT2D eigenvalue weighted by atomic mass is 19.1. The Kier molecular flexibility index (Phi) is 2.83. The molecule has 1 heterocycles. The lowest BCUT2D eigenvalue weighted by Crippen LogP contribution is -2.26. The summed E-state index contributed by atoms with van der Waals surface area (Å²) in [6, 6.07) is 5.06. The summed E-state index contributed by atoms with van der Waals surface area (Å²) in [5, 5.41) is 9.08. The summed E-state index contributed by atoms with van der Waals surface area (Å²) in [6.45, 7) is 0. The number of carbonyl (C=O) groups is 2. The largest absolute Gasteiger partial charge is 0.481 e. The van der Waals surface area contributed by atoms with Gasteiger partial charge < -0.3 is 10.0 Å². The average molecular weight is 237 g/mol. The minimum atomic E-state index is -1.00. The molecule has 1 aromatic rings. The fourth-order valence-electron chi connectivity index (χ4n) is 2.21. The highest BCUT2D eigenvalue weighted by Crippen LogP contribution is 2.36. The molecule has 17 heavy (non-hydrogen) atoms. The van der Waals surface area contributed by atoms with Gasteiger partial charge in [-0.05, 0) is 17.7 Å². The van der Waals surface area contributed by atoms with E-state index in [0.717, 1.165) is 0 Å². The lowest BCUT2D eigenvalue weighted by Gasteiger charge is -2.23. The molecule has 2 atom stereocenters. The van der Waals surface area contributed by atoms with Crippen LogP contribution in [0.5, 0.6) is 0 Å². The van der Waals surface area contributed by atoms with E-state index in [1.165, 1.54) is 29.2 Å². The Morgan fingerprint density at radius 3 is 2.53 bits per heavy atom. The third kappa shape index (κ3) is 2.00. The number of carboxylic acid groups (broad SMARTS) is 1. The molecule has 0 radical (unpaired) electrons. The van der Waals surface area contributed by atoms with Gasteiger partial charge in [0, 0.05) is 13.5 Å². The molecule has 2 rings (SSSR count). The van der Waals surface area contributed by atoms with Crippen molar-refractivity contribution in [2.24, 2.45) is 5.92 Å². The Balaban J connectivity index is 2.37. The molecule has 0 saturated carbocycles. The minimum absolute atomic E-state index is 0.00607. The fraction of sp³-hybridized carbons (Fsp3) is 0.333. The van der Waals surface area contributed by atoms with Crippen molar-refractivity contribution >= 4 is 11.9 Å². The standard InChI is InChI=1S/C12H12FNO3/c1-14-10(15)6-9(12(16)17)11(14)7-2-4-8(13)5-3-7/h2-5,9,11H,6H2,1H3,(H,16,17)/t9-,11+/m1/s1. The highest BCUT2D eigenvalue weighted by molar-refractivity contribution is 5.87. The molecule has 0 aliphatic carbocycles. The van der Waals surface area contributed by atoms with Gasteiger partial charge in [-0.2, -0.15) is 0 Å². The van der Waals surface area contributed by atoms with Gasteiger partial charge in [0.25, 0.3) is 0 Å². The number of carbonyl (C=O) groups excluding carboxylic acids is 1. The van der Waals surface area contributed by atoms with Gasteiger partial charge in [0.15, 0.2) is 0 Å². The monoisotopic (exact) mass is 237 g/mol. The summed E-state index contributed by atoms with van der Waals surface area (Å²) in [4.78, 5) is 24.0. The third-order valence-electron chi connectivity index (χ3n) is 3.12. The van der Waals surface area contributed by atoms with E-state index in [0.29, 0.717) is 5.56 Å². The van der Waals surface area contributed by atoms with Crippen molar-refractivity contribution in [3.05, 3.63) is 35.6 Å². The molecule has 1 fully saturated rings. The number of likely N-dealkylation sites (tertiary alicyclic amines) is 1. The normalized spacial score (nSPS) is 24.1. The van der Waals surface area contributed by atoms with Crippen LogP contribution in [0.4, 0.5) is 4.39 Å². The Morgan fingerprint density at radius 2 is 2.00 bits per heavy atom. The molecular weight excluding hydrogens is 225 g/mol. The van der Waals surface area contributed by atoms with Gasteiger partial charge in [-0.25, -0.2) is 4.39 Å². The molecular formula is C12H12FNO3. The van der Waals surface area contributed by atoms with Gasteiger partial charge in [-0.1, -0.05) is 12.1 Å². The summed E-state index contributed by atoms with van der Waals surface area (Å²) >= 11 is 0. The zero-order valence-electron chi connectivity index (χ0n) is 9.26. The number of hydrogen-bond acceptors (Lipinski definition) is 2. The molecule has 4 nitrogen and oxygen atoms in total. The first kappa shape index (κ1) is 11.6. The van der Waals surface area contributed by atoms with Gasteiger partial charge in [-0.15, -0.1) is 0 Å². The maximum atomic E-state index is 12.8. The van der Waals surface area contributed by atoms with Crippen LogP contribution in [0.2, 0.25) is 0 Å². The second kappa shape index (κ2) is 4.16. The molecule has 1 aromatic carbocycles. The molecule has 5 heteroatoms. The first-order valence-electron chi connectivity index (χ1n) is 5.24. The maximum absolute atomic E-state index is 12.8. The smallest absolute Gasteiger partial charge is 0.309 e. The van der Waals surface area contributed by atoms with Crippen LogP contribution in [0.25, 0.3) is 0 Å². The van der Waals surface area contributed by atoms with Crippen LogP contribution in [-0.4, -0.2) is 28.9 Å². The summed E-state index contributed by atoms with van der Waals surface area (Å²) in [7, 11) is 1.57. The van der Waals surface area contributed by atoms with Crippen molar-refractivity contribution < 1.29 is 19.1 Å². The number of rotatable bonds is 2. The number of benzene rings is 1. The molecule has 1 aliphatic rings. The summed E-state index contributed by atoms with van der Waals surface area (Å²) in [5.41, 5.74) is 0.646. The number of hydrogen-bond donors (Lipinski definition) is 1. The van der Waals surface area contributed by atoms with E-state index in [4.69, 9.17) is 5.11 Å². The number of amides is 1. The quantitative estimate of drug-likeness (QED) is 0.846. The molecule has 0 aromatic heterocycles. The van der Waals surface area contributed by atoms with Crippen molar-refractivity contribution in [1.29, 1.82) is 0 Å². The van der Waals surface area contributed by atoms with E-state index in [1.54, 1.807) is 7.05 Å². The van der Waals surface area contributed by atoms with E-state index in [-0.39, 0.29) is 18.1 Å². The highest BCUT2D eigenvalue weighted by Gasteiger charge is 2.42. The first-order chi connectivity index (χ1) is 8.00. The molecule has 1 aliphatic heterocycles. The number of carboxylic acids is 1. The van der Waals surface area contributed by atoms with Crippen molar-refractivity contribution in [3.8, 4) is 0 Å². The van der Waals surface area contributed by atoms with Crippen LogP contribution in [0.3, 0.4) is 0 Å². The van der Waals surface area contributed by atoms with Crippen LogP contribution in [0, 0.1) is 11.7 Å². The zero-order valence-corrected chi connectivity index (χ0v) is 9.26. The molecule has 0 unspecified atom stereocenters. The second-order valence-electron chi connectivity index (χ2n) is 4.15. The van der Waals surface area contributed by atoms with Crippen molar-refractivity contribution in [2.45, 2.75) is 12.5 Å². The molecule has 0 bridgehead atoms. The predicted octanol–water partition coefficient (Wildman–Crippen LogP) is 1.43. The zero-order chi connectivity index (χ0) is 12.6. The van der Waals surface area contributed by atoms with Gasteiger partial charge in [0.05, 0.1) is 12.0 Å². The van der Waals surface area contributed by atoms with Crippen LogP contribution >= 0.6 is 0 Å². The summed E-state index contributed by atoms with van der Waals surface area (Å²) < 4.78 is 12.8. The van der Waals surface area contributed by atoms with E-state index < -0.39 is 17.9 Å². The van der Waals surface area contributed by atoms with Crippen LogP contribution in [0.1, 0.15) is 18.0 Å². The van der Waals surface area contributed by atoms with Crippen LogP contribution < -0.4 is 0 Å². The number of nitrogens with zero attached hydrogens (tertiary/aromatic N) is 1. The molecule has 90 valence electrons. The SMILES string of the molecule is CN1C(=O)C[C@@H](C(=O)O)[C@@H]1c1ccc(F)cc1. The first-order valence-corrected chi connectivity index (χ1v) is 5.24. The Bertz CT molecular complexity index is 457. The Labute approximate surface area is 97.7 Å². The minimum Gasteiger partial charge on any atom is -0.481 e. The van der Waals surface area contributed by atoms with Gasteiger partial charge in [0.2, 0.25) is 5.91 Å². The van der Waals surface area contributed by atoms with E-state index in [1.807, 2.05) is 0 Å². The summed E-state index contributed by atoms with van der Waals surface area (Å²) in [5.74, 6) is -2.35. The lowest BCUT2D eigenvalue weighted by atomic mass is 9.94. The third-order valence-corrected chi connectivity index (χ3v) is 3.12. The van der Waals surface area contributed by atoms with E-state index in [9.17, 15) is 14.0 Å². The molecule has 1 N–H and O–H groups in total.